The van der Waals surface area contributed by atoms with E-state index in [2.05, 4.69) is 26.0 Å². The van der Waals surface area contributed by atoms with Crippen molar-refractivity contribution in [2.24, 2.45) is 0 Å². The van der Waals surface area contributed by atoms with Crippen molar-refractivity contribution < 1.29 is 32.0 Å². The molecule has 2 heterocycles. The molecule has 9 nitrogen and oxygen atoms in total. The van der Waals surface area contributed by atoms with E-state index < -0.39 is 11.7 Å². The van der Waals surface area contributed by atoms with Gasteiger partial charge in [-0.3, -0.25) is 9.69 Å². The summed E-state index contributed by atoms with van der Waals surface area (Å²) in [6.07, 6.45) is 0.764. The highest BCUT2D eigenvalue weighted by Crippen LogP contribution is 2.33. The molecule has 4 rings (SSSR count). The lowest BCUT2D eigenvalue weighted by molar-refractivity contribution is -0.137. The molecule has 198 valence electrons. The van der Waals surface area contributed by atoms with Crippen LogP contribution in [-0.2, 0) is 15.7 Å². The number of rotatable bonds is 9. The Morgan fingerprint density at radius 1 is 1.14 bits per heavy atom. The van der Waals surface area contributed by atoms with Gasteiger partial charge in [-0.15, -0.1) is 0 Å². The van der Waals surface area contributed by atoms with Gasteiger partial charge in [0.1, 0.15) is 0 Å². The van der Waals surface area contributed by atoms with E-state index in [0.717, 1.165) is 63.7 Å². The van der Waals surface area contributed by atoms with Gasteiger partial charge < -0.3 is 25.2 Å². The summed E-state index contributed by atoms with van der Waals surface area (Å²) in [5, 5.41) is 12.6. The maximum Gasteiger partial charge on any atom is 0.416 e. The fourth-order valence-corrected chi connectivity index (χ4v) is 4.69. The van der Waals surface area contributed by atoms with E-state index in [-0.39, 0.29) is 47.4 Å². The Morgan fingerprint density at radius 3 is 2.58 bits per heavy atom. The minimum absolute atomic E-state index is 0.0228. The largest absolute Gasteiger partial charge is 0.450 e. The number of fused-ring (bicyclic) bond motifs is 1. The van der Waals surface area contributed by atoms with Crippen molar-refractivity contribution >= 4 is 28.8 Å². The first kappa shape index (κ1) is 26.1. The number of amides is 2. The summed E-state index contributed by atoms with van der Waals surface area (Å²) < 4.78 is 49.2. The zero-order valence-corrected chi connectivity index (χ0v) is 20.2. The molecular weight excluding hydrogens is 479 g/mol. The lowest BCUT2D eigenvalue weighted by Crippen LogP contribution is -2.63. The summed E-state index contributed by atoms with van der Waals surface area (Å²) in [6, 6.07) is 3.68. The Balaban J connectivity index is 1.15. The molecule has 0 radical (unpaired) electrons. The fraction of sp³-hybridized carbons (Fsp3) is 0.625. The lowest BCUT2D eigenvalue weighted by atomic mass is 9.88. The highest BCUT2D eigenvalue weighted by molar-refractivity contribution is 5.90. The van der Waals surface area contributed by atoms with Gasteiger partial charge in [0.2, 0.25) is 5.91 Å². The maximum absolute atomic E-state index is 13.0. The Bertz CT molecular complexity index is 1050. The van der Waals surface area contributed by atoms with Crippen molar-refractivity contribution in [1.82, 2.24) is 20.7 Å². The Hall–Kier alpha value is -3.02. The van der Waals surface area contributed by atoms with Gasteiger partial charge in [-0.1, -0.05) is 18.5 Å². The zero-order valence-electron chi connectivity index (χ0n) is 20.2. The van der Waals surface area contributed by atoms with Crippen molar-refractivity contribution in [3.63, 3.8) is 0 Å². The number of unbranched alkanes of at least 4 members (excludes halogenated alkanes) is 1. The molecule has 3 N–H and O–H groups in total. The highest BCUT2D eigenvalue weighted by Gasteiger charge is 2.35. The number of anilines is 1. The number of hydrogen-bond acceptors (Lipinski definition) is 7. The molecule has 2 fully saturated rings. The van der Waals surface area contributed by atoms with Crippen molar-refractivity contribution in [2.45, 2.75) is 69.8 Å². The molecule has 2 aliphatic rings. The molecule has 1 aromatic carbocycles. The third kappa shape index (κ3) is 6.59. The van der Waals surface area contributed by atoms with Crippen molar-refractivity contribution in [2.75, 3.05) is 31.6 Å². The quantitative estimate of drug-likeness (QED) is 0.438. The van der Waals surface area contributed by atoms with Crippen molar-refractivity contribution in [1.29, 1.82) is 0 Å². The topological polar surface area (TPSA) is 109 Å². The van der Waals surface area contributed by atoms with Gasteiger partial charge in [-0.2, -0.15) is 13.2 Å². The number of likely N-dealkylation sites (tertiary alicyclic amines) is 1. The summed E-state index contributed by atoms with van der Waals surface area (Å²) in [5.41, 5.74) is -0.601. The summed E-state index contributed by atoms with van der Waals surface area (Å²) in [7, 11) is 0. The van der Waals surface area contributed by atoms with Crippen LogP contribution in [0.25, 0.3) is 11.0 Å². The highest BCUT2D eigenvalue weighted by atomic mass is 19.4. The van der Waals surface area contributed by atoms with Crippen LogP contribution in [0.5, 0.6) is 0 Å². The van der Waals surface area contributed by atoms with Crippen LogP contribution in [0.2, 0.25) is 0 Å². The van der Waals surface area contributed by atoms with Crippen LogP contribution in [-0.4, -0.2) is 66.4 Å². The van der Waals surface area contributed by atoms with Crippen LogP contribution in [0.1, 0.15) is 51.0 Å². The van der Waals surface area contributed by atoms with Crippen LogP contribution in [0.3, 0.4) is 0 Å². The predicted molar refractivity (Wildman–Crippen MR) is 126 cm³/mol. The number of aromatic nitrogens is 1. The molecular formula is C24H32F3N5O4. The van der Waals surface area contributed by atoms with Gasteiger partial charge >= 0.3 is 12.3 Å². The molecule has 1 saturated carbocycles. The molecule has 12 heteroatoms. The smallest absolute Gasteiger partial charge is 0.416 e. The second kappa shape index (κ2) is 11.4. The Kier molecular flexibility index (Phi) is 8.22. The Labute approximate surface area is 207 Å². The molecule has 36 heavy (non-hydrogen) atoms. The van der Waals surface area contributed by atoms with E-state index in [9.17, 15) is 22.8 Å². The minimum Gasteiger partial charge on any atom is -0.450 e. The van der Waals surface area contributed by atoms with E-state index in [4.69, 9.17) is 9.26 Å². The number of nitrogens with zero attached hydrogens (tertiary/aromatic N) is 2. The summed E-state index contributed by atoms with van der Waals surface area (Å²) in [6.45, 7) is 3.86. The summed E-state index contributed by atoms with van der Waals surface area (Å²) in [5.74, 6) is -0.168. The number of benzene rings is 1. The predicted octanol–water partition coefficient (Wildman–Crippen LogP) is 3.90. The monoisotopic (exact) mass is 511 g/mol. The first-order chi connectivity index (χ1) is 17.2. The number of alkyl carbamates (subject to hydrolysis) is 1. The van der Waals surface area contributed by atoms with Gasteiger partial charge in [0, 0.05) is 25.2 Å². The molecule has 1 aliphatic heterocycles. The molecule has 0 atom stereocenters. The van der Waals surface area contributed by atoms with Gasteiger partial charge in [-0.25, -0.2) is 4.79 Å². The van der Waals surface area contributed by atoms with Gasteiger partial charge in [-0.05, 0) is 50.3 Å². The third-order valence-electron chi connectivity index (χ3n) is 6.75. The number of carbonyl (C=O) groups excluding carboxylic acids is 2. The van der Waals surface area contributed by atoms with E-state index in [1.54, 1.807) is 0 Å². The summed E-state index contributed by atoms with van der Waals surface area (Å²) in [4.78, 5) is 26.5. The standard InChI is InChI=1S/C24H32F3N5O4/c1-2-3-10-35-23(34)30-16-5-7-18(8-6-16)32-13-17(14-32)29-21(33)12-28-22-19-11-15(24(25,26)27)4-9-20(19)36-31-22/h4,9,11,16-18H,2-3,5-8,10,12-14H2,1H3,(H,28,31)(H,29,33)(H,30,34). The number of hydrogen-bond donors (Lipinski definition) is 3. The van der Waals surface area contributed by atoms with Crippen LogP contribution < -0.4 is 16.0 Å². The number of carbonyl (C=O) groups is 2. The maximum atomic E-state index is 13.0. The van der Waals surface area contributed by atoms with Gasteiger partial charge in [0.05, 0.1) is 30.1 Å². The van der Waals surface area contributed by atoms with Crippen LogP contribution >= 0.6 is 0 Å². The first-order valence-corrected chi connectivity index (χ1v) is 12.4. The molecule has 2 aromatic rings. The molecule has 0 bridgehead atoms. The van der Waals surface area contributed by atoms with E-state index in [1.807, 2.05) is 6.92 Å². The molecule has 0 spiro atoms. The average Bonchev–Trinajstić information content (AvgIpc) is 3.22. The molecule has 2 amide bonds. The SMILES string of the molecule is CCCCOC(=O)NC1CCC(N2CC(NC(=O)CNc3noc4ccc(C(F)(F)F)cc34)C2)CC1. The summed E-state index contributed by atoms with van der Waals surface area (Å²) >= 11 is 0. The average molecular weight is 512 g/mol. The van der Waals surface area contributed by atoms with E-state index in [1.165, 1.54) is 6.07 Å². The third-order valence-corrected chi connectivity index (χ3v) is 6.75. The van der Waals surface area contributed by atoms with Crippen LogP contribution in [0.15, 0.2) is 22.7 Å². The minimum atomic E-state index is -4.48. The van der Waals surface area contributed by atoms with Gasteiger partial charge in [0.15, 0.2) is 11.4 Å². The molecule has 0 unspecified atom stereocenters. The number of nitrogens with one attached hydrogen (secondary N) is 3. The second-order valence-corrected chi connectivity index (χ2v) is 9.45. The number of ether oxygens (including phenoxy) is 1. The zero-order chi connectivity index (χ0) is 25.7. The Morgan fingerprint density at radius 2 is 1.89 bits per heavy atom. The van der Waals surface area contributed by atoms with E-state index >= 15 is 0 Å². The fourth-order valence-electron chi connectivity index (χ4n) is 4.69. The second-order valence-electron chi connectivity index (χ2n) is 9.45. The molecule has 1 aromatic heterocycles. The normalized spacial score (nSPS) is 21.1. The lowest BCUT2D eigenvalue weighted by Gasteiger charge is -2.46. The van der Waals surface area contributed by atoms with Crippen molar-refractivity contribution in [3.05, 3.63) is 23.8 Å². The number of alkyl halides is 3. The van der Waals surface area contributed by atoms with E-state index in [0.29, 0.717) is 12.6 Å². The molecule has 1 saturated heterocycles. The van der Waals surface area contributed by atoms with Crippen LogP contribution in [0, 0.1) is 0 Å². The number of halogens is 3. The molecule has 1 aliphatic carbocycles. The van der Waals surface area contributed by atoms with Crippen LogP contribution in [0.4, 0.5) is 23.8 Å². The van der Waals surface area contributed by atoms with Gasteiger partial charge in [0.25, 0.3) is 0 Å². The van der Waals surface area contributed by atoms with Crippen molar-refractivity contribution in [3.8, 4) is 0 Å². The first-order valence-electron chi connectivity index (χ1n) is 12.4.